The zero-order valence-corrected chi connectivity index (χ0v) is 13.9. The van der Waals surface area contributed by atoms with E-state index in [2.05, 4.69) is 12.1 Å². The number of benzene rings is 3. The van der Waals surface area contributed by atoms with Crippen molar-refractivity contribution in [2.45, 2.75) is 0 Å². The molecule has 0 amide bonds. The Bertz CT molecular complexity index is 1280. The van der Waals surface area contributed by atoms with E-state index in [1.54, 1.807) is 22.7 Å². The zero-order valence-electron chi connectivity index (χ0n) is 12.3. The van der Waals surface area contributed by atoms with Crippen LogP contribution in [0.15, 0.2) is 47.2 Å². The number of rotatable bonds is 0. The van der Waals surface area contributed by atoms with Crippen LogP contribution in [0.5, 0.6) is 0 Å². The van der Waals surface area contributed by atoms with Crippen molar-refractivity contribution in [1.82, 2.24) is 0 Å². The molecule has 0 unspecified atom stereocenters. The van der Waals surface area contributed by atoms with Gasteiger partial charge >= 0.3 is 0 Å². The van der Waals surface area contributed by atoms with E-state index in [0.29, 0.717) is 11.1 Å². The van der Waals surface area contributed by atoms with Crippen molar-refractivity contribution in [3.05, 3.63) is 58.3 Å². The van der Waals surface area contributed by atoms with Crippen LogP contribution in [0.25, 0.3) is 41.7 Å². The number of thiophene rings is 2. The van der Waals surface area contributed by atoms with E-state index in [0.717, 1.165) is 41.7 Å². The highest BCUT2D eigenvalue weighted by molar-refractivity contribution is 7.19. The Morgan fingerprint density at radius 3 is 1.50 bits per heavy atom. The summed E-state index contributed by atoms with van der Waals surface area (Å²) in [5.74, 6) is -0.719. The monoisotopic (exact) mass is 344 g/mol. The minimum atomic E-state index is -0.359. The molecule has 0 saturated carbocycles. The lowest BCUT2D eigenvalue weighted by molar-refractivity contribution is 0.0818. The van der Waals surface area contributed by atoms with Crippen LogP contribution in [0.2, 0.25) is 0 Å². The molecule has 0 radical (unpaired) electrons. The average Bonchev–Trinajstić information content (AvgIpc) is 3.25. The van der Waals surface area contributed by atoms with Crippen molar-refractivity contribution in [2.75, 3.05) is 0 Å². The second kappa shape index (κ2) is 4.09. The molecule has 2 bridgehead atoms. The quantitative estimate of drug-likeness (QED) is 0.263. The highest BCUT2D eigenvalue weighted by atomic mass is 32.1. The number of hydrogen-bond donors (Lipinski definition) is 0. The minimum absolute atomic E-state index is 0.359. The zero-order chi connectivity index (χ0) is 16.0. The normalized spacial score (nSPS) is 14.0. The number of carbonyl (C=O) groups excluding carboxylic acids is 2. The summed E-state index contributed by atoms with van der Waals surface area (Å²) in [6, 6.07) is 12.2. The predicted molar refractivity (Wildman–Crippen MR) is 101 cm³/mol. The molecule has 2 aromatic heterocycles. The van der Waals surface area contributed by atoms with E-state index in [1.165, 1.54) is 0 Å². The first kappa shape index (κ1) is 12.8. The molecular weight excluding hydrogens is 336 g/mol. The van der Waals surface area contributed by atoms with Crippen molar-refractivity contribution in [3.63, 3.8) is 0 Å². The summed E-state index contributed by atoms with van der Waals surface area (Å²) in [5, 5.41) is 10.0. The van der Waals surface area contributed by atoms with Gasteiger partial charge in [0.05, 0.1) is 0 Å². The molecule has 0 atom stereocenters. The molecule has 112 valence electrons. The Kier molecular flexibility index (Phi) is 2.19. The Morgan fingerprint density at radius 2 is 1.04 bits per heavy atom. The SMILES string of the molecule is O=C1C(=O)c2c3ccc4ccsc4c3c1c1ccc3ccsc3c21. The van der Waals surface area contributed by atoms with Gasteiger partial charge in [0, 0.05) is 31.3 Å². The van der Waals surface area contributed by atoms with Crippen LogP contribution in [0, 0.1) is 0 Å². The number of fused-ring (bicyclic) bond motifs is 3. The van der Waals surface area contributed by atoms with E-state index in [-0.39, 0.29) is 11.6 Å². The first-order valence-electron chi connectivity index (χ1n) is 7.60. The van der Waals surface area contributed by atoms with Crippen LogP contribution < -0.4 is 0 Å². The van der Waals surface area contributed by atoms with Crippen molar-refractivity contribution < 1.29 is 9.59 Å². The van der Waals surface area contributed by atoms with Gasteiger partial charge in [-0.3, -0.25) is 9.59 Å². The summed E-state index contributed by atoms with van der Waals surface area (Å²) < 4.78 is 2.19. The topological polar surface area (TPSA) is 34.1 Å². The molecular formula is C20H8O2S2. The van der Waals surface area contributed by atoms with Crippen LogP contribution in [-0.2, 0) is 0 Å². The van der Waals surface area contributed by atoms with E-state index >= 15 is 0 Å². The maximum absolute atomic E-state index is 12.8. The summed E-state index contributed by atoms with van der Waals surface area (Å²) in [7, 11) is 0. The lowest BCUT2D eigenvalue weighted by Gasteiger charge is -2.21. The molecule has 3 aromatic carbocycles. The third-order valence-corrected chi connectivity index (χ3v) is 6.84. The van der Waals surface area contributed by atoms with Gasteiger partial charge in [-0.25, -0.2) is 0 Å². The van der Waals surface area contributed by atoms with Gasteiger partial charge in [0.25, 0.3) is 0 Å². The summed E-state index contributed by atoms with van der Waals surface area (Å²) in [6.45, 7) is 0. The van der Waals surface area contributed by atoms with Gasteiger partial charge in [-0.1, -0.05) is 24.3 Å². The molecule has 24 heavy (non-hydrogen) atoms. The molecule has 0 saturated heterocycles. The molecule has 2 aliphatic carbocycles. The Hall–Kier alpha value is -2.56. The maximum Gasteiger partial charge on any atom is 0.234 e. The maximum atomic E-state index is 12.8. The average molecular weight is 344 g/mol. The van der Waals surface area contributed by atoms with Gasteiger partial charge in [-0.2, -0.15) is 0 Å². The standard InChI is InChI=1S/C20H8O2S2/c21-17-13-11-3-1-9-5-7-23-19(9)15(11)14(18(17)22)12-4-2-10-6-8-24-20(10)16(12)13/h1-8H. The fraction of sp³-hybridized carbons (Fsp3) is 0. The molecule has 0 aliphatic heterocycles. The van der Waals surface area contributed by atoms with Crippen LogP contribution in [-0.4, -0.2) is 11.6 Å². The van der Waals surface area contributed by atoms with Gasteiger partial charge in [-0.05, 0) is 44.4 Å². The number of Topliss-reactive ketones (excluding diaryl/α,β-unsaturated/α-hetero) is 2. The molecule has 2 aliphatic rings. The number of hydrogen-bond acceptors (Lipinski definition) is 4. The van der Waals surface area contributed by atoms with Crippen molar-refractivity contribution in [2.24, 2.45) is 0 Å². The van der Waals surface area contributed by atoms with Gasteiger partial charge in [0.1, 0.15) is 0 Å². The molecule has 7 rings (SSSR count). The molecule has 2 heterocycles. The van der Waals surface area contributed by atoms with Crippen molar-refractivity contribution in [3.8, 4) is 0 Å². The van der Waals surface area contributed by atoms with Gasteiger partial charge in [0.2, 0.25) is 11.6 Å². The highest BCUT2D eigenvalue weighted by Gasteiger charge is 2.35. The largest absolute Gasteiger partial charge is 0.285 e. The molecule has 4 heteroatoms. The molecule has 0 spiro atoms. The van der Waals surface area contributed by atoms with Gasteiger partial charge < -0.3 is 0 Å². The van der Waals surface area contributed by atoms with E-state index in [1.807, 2.05) is 35.0 Å². The molecule has 0 fully saturated rings. The molecule has 5 aromatic rings. The molecule has 2 nitrogen and oxygen atoms in total. The van der Waals surface area contributed by atoms with Crippen LogP contribution >= 0.6 is 22.7 Å². The molecule has 0 N–H and O–H groups in total. The van der Waals surface area contributed by atoms with Crippen LogP contribution in [0.3, 0.4) is 0 Å². The summed E-state index contributed by atoms with van der Waals surface area (Å²) >= 11 is 3.26. The van der Waals surface area contributed by atoms with Crippen molar-refractivity contribution in [1.29, 1.82) is 0 Å². The van der Waals surface area contributed by atoms with Crippen molar-refractivity contribution >= 4 is 76.0 Å². The summed E-state index contributed by atoms with van der Waals surface area (Å²) in [4.78, 5) is 25.5. The van der Waals surface area contributed by atoms with Gasteiger partial charge in [0.15, 0.2) is 0 Å². The predicted octanol–water partition coefficient (Wildman–Crippen LogP) is 5.80. The first-order chi connectivity index (χ1) is 11.8. The van der Waals surface area contributed by atoms with E-state index in [9.17, 15) is 9.59 Å². The Morgan fingerprint density at radius 1 is 0.583 bits per heavy atom. The number of ketones is 2. The van der Waals surface area contributed by atoms with E-state index in [4.69, 9.17) is 0 Å². The van der Waals surface area contributed by atoms with Crippen LogP contribution in [0.4, 0.5) is 0 Å². The Balaban J connectivity index is 2.06. The fourth-order valence-electron chi connectivity index (χ4n) is 3.95. The lowest BCUT2D eigenvalue weighted by Crippen LogP contribution is -2.22. The van der Waals surface area contributed by atoms with Gasteiger partial charge in [-0.15, -0.1) is 22.7 Å². The second-order valence-electron chi connectivity index (χ2n) is 6.06. The Labute approximate surface area is 143 Å². The number of carbonyl (C=O) groups is 2. The van der Waals surface area contributed by atoms with E-state index < -0.39 is 0 Å². The minimum Gasteiger partial charge on any atom is -0.285 e. The third-order valence-electron chi connectivity index (χ3n) is 4.94. The highest BCUT2D eigenvalue weighted by Crippen LogP contribution is 2.46. The summed E-state index contributed by atoms with van der Waals surface area (Å²) in [6.07, 6.45) is 0. The fourth-order valence-corrected chi connectivity index (χ4v) is 5.85. The lowest BCUT2D eigenvalue weighted by atomic mass is 9.80. The smallest absolute Gasteiger partial charge is 0.234 e. The second-order valence-corrected chi connectivity index (χ2v) is 7.89. The summed E-state index contributed by atoms with van der Waals surface area (Å²) in [5.41, 5.74) is 1.17. The first-order valence-corrected chi connectivity index (χ1v) is 9.36. The van der Waals surface area contributed by atoms with Crippen LogP contribution in [0.1, 0.15) is 20.7 Å². The third kappa shape index (κ3) is 1.30.